The van der Waals surface area contributed by atoms with Crippen LogP contribution in [-0.2, 0) is 4.79 Å². The zero-order valence-electron chi connectivity index (χ0n) is 13.2. The van der Waals surface area contributed by atoms with Gasteiger partial charge in [0.15, 0.2) is 16.7 Å². The highest BCUT2D eigenvalue weighted by Gasteiger charge is 2.24. The first-order valence-electron chi connectivity index (χ1n) is 7.33. The van der Waals surface area contributed by atoms with Crippen molar-refractivity contribution in [2.24, 2.45) is 4.99 Å². The van der Waals surface area contributed by atoms with Crippen LogP contribution in [0.15, 0.2) is 58.4 Å². The molecule has 0 spiro atoms. The molecule has 1 aliphatic heterocycles. The molecule has 2 aromatic rings. The number of hydrogen-bond acceptors (Lipinski definition) is 5. The third kappa shape index (κ3) is 3.89. The molecule has 0 bridgehead atoms. The molecule has 1 aliphatic rings. The number of rotatable bonds is 3. The minimum Gasteiger partial charge on any atom is -0.504 e. The van der Waals surface area contributed by atoms with E-state index in [0.29, 0.717) is 21.8 Å². The standard InChI is InChI=1S/C18H14N2O4S/c1-24-14-8-7-11(9-13(14)21)10-15-17(23)20-18(25-15)19-16(22)12-5-3-2-4-6-12/h2-10,21H,1H3,(H,19,20,22,23)/b15-10-. The van der Waals surface area contributed by atoms with E-state index in [1.807, 2.05) is 0 Å². The number of aromatic hydroxyl groups is 1. The van der Waals surface area contributed by atoms with E-state index in [-0.39, 0.29) is 16.8 Å². The highest BCUT2D eigenvalue weighted by molar-refractivity contribution is 8.18. The number of ether oxygens (including phenoxy) is 1. The molecule has 1 heterocycles. The number of amides is 2. The van der Waals surface area contributed by atoms with Crippen molar-refractivity contribution in [2.45, 2.75) is 0 Å². The van der Waals surface area contributed by atoms with E-state index in [4.69, 9.17) is 4.74 Å². The molecule has 2 aromatic carbocycles. The van der Waals surface area contributed by atoms with Crippen molar-refractivity contribution in [3.63, 3.8) is 0 Å². The summed E-state index contributed by atoms with van der Waals surface area (Å²) in [6, 6.07) is 13.4. The summed E-state index contributed by atoms with van der Waals surface area (Å²) in [5.41, 5.74) is 1.08. The van der Waals surface area contributed by atoms with Crippen molar-refractivity contribution in [3.8, 4) is 11.5 Å². The molecular formula is C18H14N2O4S. The lowest BCUT2D eigenvalue weighted by atomic mass is 10.2. The van der Waals surface area contributed by atoms with Crippen molar-refractivity contribution in [3.05, 3.63) is 64.6 Å². The second kappa shape index (κ2) is 7.23. The molecule has 1 saturated heterocycles. The minimum atomic E-state index is -0.424. The van der Waals surface area contributed by atoms with Crippen LogP contribution in [0.25, 0.3) is 6.08 Å². The fourth-order valence-corrected chi connectivity index (χ4v) is 2.99. The molecule has 25 heavy (non-hydrogen) atoms. The van der Waals surface area contributed by atoms with E-state index >= 15 is 0 Å². The second-order valence-electron chi connectivity index (χ2n) is 5.08. The molecule has 3 rings (SSSR count). The maximum atomic E-state index is 12.1. The number of phenolic OH excluding ortho intramolecular Hbond substituents is 1. The van der Waals surface area contributed by atoms with Gasteiger partial charge in [-0.05, 0) is 47.7 Å². The van der Waals surface area contributed by atoms with Crippen molar-refractivity contribution >= 4 is 34.8 Å². The zero-order chi connectivity index (χ0) is 17.8. The van der Waals surface area contributed by atoms with Crippen molar-refractivity contribution in [2.75, 3.05) is 7.11 Å². The SMILES string of the molecule is COc1ccc(/C=C2\SC(=NC(=O)c3ccccc3)NC2=O)cc1O. The van der Waals surface area contributed by atoms with Crippen LogP contribution in [-0.4, -0.2) is 29.2 Å². The zero-order valence-corrected chi connectivity index (χ0v) is 14.0. The fourth-order valence-electron chi connectivity index (χ4n) is 2.17. The van der Waals surface area contributed by atoms with Gasteiger partial charge in [0.1, 0.15) is 0 Å². The molecule has 0 saturated carbocycles. The van der Waals surface area contributed by atoms with E-state index in [2.05, 4.69) is 10.3 Å². The molecule has 0 aromatic heterocycles. The number of amidine groups is 1. The number of carbonyl (C=O) groups is 2. The van der Waals surface area contributed by atoms with Crippen LogP contribution >= 0.6 is 11.8 Å². The summed E-state index contributed by atoms with van der Waals surface area (Å²) >= 11 is 1.07. The number of nitrogens with zero attached hydrogens (tertiary/aromatic N) is 1. The molecule has 2 amide bonds. The van der Waals surface area contributed by atoms with E-state index in [9.17, 15) is 14.7 Å². The summed E-state index contributed by atoms with van der Waals surface area (Å²) < 4.78 is 4.98. The van der Waals surface area contributed by atoms with Gasteiger partial charge in [0.2, 0.25) is 0 Å². The summed E-state index contributed by atoms with van der Waals surface area (Å²) in [6.07, 6.45) is 1.61. The molecule has 0 aliphatic carbocycles. The third-order valence-corrected chi connectivity index (χ3v) is 4.29. The predicted molar refractivity (Wildman–Crippen MR) is 96.6 cm³/mol. The lowest BCUT2D eigenvalue weighted by Crippen LogP contribution is -2.20. The number of hydrogen-bond donors (Lipinski definition) is 2. The maximum absolute atomic E-state index is 12.1. The van der Waals surface area contributed by atoms with Gasteiger partial charge in [-0.1, -0.05) is 24.3 Å². The van der Waals surface area contributed by atoms with Gasteiger partial charge >= 0.3 is 0 Å². The van der Waals surface area contributed by atoms with Crippen LogP contribution < -0.4 is 10.1 Å². The molecule has 0 radical (unpaired) electrons. The minimum absolute atomic E-state index is 0.0200. The summed E-state index contributed by atoms with van der Waals surface area (Å²) in [4.78, 5) is 28.4. The Bertz CT molecular complexity index is 891. The van der Waals surface area contributed by atoms with Crippen LogP contribution in [0.5, 0.6) is 11.5 Å². The van der Waals surface area contributed by atoms with Crippen LogP contribution in [0.2, 0.25) is 0 Å². The van der Waals surface area contributed by atoms with E-state index in [1.54, 1.807) is 48.5 Å². The van der Waals surface area contributed by atoms with Crippen LogP contribution in [0.4, 0.5) is 0 Å². The average Bonchev–Trinajstić information content (AvgIpc) is 2.95. The highest BCUT2D eigenvalue weighted by atomic mass is 32.2. The Balaban J connectivity index is 1.79. The van der Waals surface area contributed by atoms with Gasteiger partial charge in [-0.2, -0.15) is 4.99 Å². The predicted octanol–water partition coefficient (Wildman–Crippen LogP) is 2.80. The van der Waals surface area contributed by atoms with E-state index < -0.39 is 5.91 Å². The Morgan fingerprint density at radius 2 is 2.00 bits per heavy atom. The van der Waals surface area contributed by atoms with Crippen molar-refractivity contribution < 1.29 is 19.4 Å². The van der Waals surface area contributed by atoms with Gasteiger partial charge in [0.25, 0.3) is 11.8 Å². The number of nitrogens with one attached hydrogen (secondary N) is 1. The summed E-state index contributed by atoms with van der Waals surface area (Å²) in [5, 5.41) is 12.6. The van der Waals surface area contributed by atoms with Crippen molar-refractivity contribution in [1.29, 1.82) is 0 Å². The lowest BCUT2D eigenvalue weighted by Gasteiger charge is -2.03. The van der Waals surface area contributed by atoms with Crippen LogP contribution in [0.3, 0.4) is 0 Å². The average molecular weight is 354 g/mol. The molecule has 0 atom stereocenters. The fraction of sp³-hybridized carbons (Fsp3) is 0.0556. The highest BCUT2D eigenvalue weighted by Crippen LogP contribution is 2.30. The van der Waals surface area contributed by atoms with E-state index in [0.717, 1.165) is 11.8 Å². The Kier molecular flexibility index (Phi) is 4.85. The lowest BCUT2D eigenvalue weighted by molar-refractivity contribution is -0.115. The molecule has 6 nitrogen and oxygen atoms in total. The number of methoxy groups -OCH3 is 1. The Labute approximate surface area is 148 Å². The number of carbonyl (C=O) groups excluding carboxylic acids is 2. The second-order valence-corrected chi connectivity index (χ2v) is 6.11. The molecule has 2 N–H and O–H groups in total. The Morgan fingerprint density at radius 3 is 2.68 bits per heavy atom. The largest absolute Gasteiger partial charge is 0.504 e. The summed E-state index contributed by atoms with van der Waals surface area (Å²) in [7, 11) is 1.46. The van der Waals surface area contributed by atoms with Gasteiger partial charge in [-0.15, -0.1) is 0 Å². The molecule has 1 fully saturated rings. The maximum Gasteiger partial charge on any atom is 0.279 e. The third-order valence-electron chi connectivity index (χ3n) is 3.38. The van der Waals surface area contributed by atoms with Crippen LogP contribution in [0, 0.1) is 0 Å². The number of benzene rings is 2. The first-order chi connectivity index (χ1) is 12.1. The quantitative estimate of drug-likeness (QED) is 0.828. The Hall–Kier alpha value is -3.06. The molecule has 7 heteroatoms. The van der Waals surface area contributed by atoms with Gasteiger partial charge < -0.3 is 15.2 Å². The van der Waals surface area contributed by atoms with Gasteiger partial charge in [-0.3, -0.25) is 9.59 Å². The molecule has 0 unspecified atom stereocenters. The first kappa shape index (κ1) is 16.8. The van der Waals surface area contributed by atoms with Gasteiger partial charge in [0.05, 0.1) is 12.0 Å². The van der Waals surface area contributed by atoms with Crippen LogP contribution in [0.1, 0.15) is 15.9 Å². The summed E-state index contributed by atoms with van der Waals surface area (Å²) in [6.45, 7) is 0. The van der Waals surface area contributed by atoms with Gasteiger partial charge in [-0.25, -0.2) is 0 Å². The summed E-state index contributed by atoms with van der Waals surface area (Å²) in [5.74, 6) is -0.443. The first-order valence-corrected chi connectivity index (χ1v) is 8.14. The Morgan fingerprint density at radius 1 is 1.24 bits per heavy atom. The topological polar surface area (TPSA) is 88.0 Å². The monoisotopic (exact) mass is 354 g/mol. The number of aliphatic imine (C=N–C) groups is 1. The smallest absolute Gasteiger partial charge is 0.279 e. The van der Waals surface area contributed by atoms with E-state index in [1.165, 1.54) is 13.2 Å². The normalized spacial score (nSPS) is 16.9. The molecular weight excluding hydrogens is 340 g/mol. The number of thioether (sulfide) groups is 1. The number of phenols is 1. The molecule has 126 valence electrons. The van der Waals surface area contributed by atoms with Crippen molar-refractivity contribution in [1.82, 2.24) is 5.32 Å². The van der Waals surface area contributed by atoms with Gasteiger partial charge in [0, 0.05) is 5.56 Å².